The van der Waals surface area contributed by atoms with Crippen LogP contribution in [0.3, 0.4) is 0 Å². The lowest BCUT2D eigenvalue weighted by molar-refractivity contribution is -0.132. The molecule has 1 unspecified atom stereocenters. The van der Waals surface area contributed by atoms with Crippen LogP contribution >= 0.6 is 0 Å². The van der Waals surface area contributed by atoms with Crippen molar-refractivity contribution in [1.82, 2.24) is 4.90 Å². The molecular formula is C11H22N2O. The maximum absolute atomic E-state index is 12.0. The molecule has 1 aliphatic rings. The average molecular weight is 198 g/mol. The van der Waals surface area contributed by atoms with E-state index in [1.807, 2.05) is 14.0 Å². The monoisotopic (exact) mass is 198 g/mol. The molecule has 0 saturated carbocycles. The van der Waals surface area contributed by atoms with E-state index in [0.717, 1.165) is 25.8 Å². The highest BCUT2D eigenvalue weighted by Crippen LogP contribution is 2.45. The molecule has 0 aliphatic carbocycles. The third-order valence-corrected chi connectivity index (χ3v) is 4.13. The van der Waals surface area contributed by atoms with Crippen LogP contribution in [0, 0.1) is 5.41 Å². The second-order valence-electron chi connectivity index (χ2n) is 4.47. The van der Waals surface area contributed by atoms with Gasteiger partial charge in [0.05, 0.1) is 0 Å². The maximum atomic E-state index is 12.0. The number of carbonyl (C=O) groups excluding carboxylic acids is 1. The summed E-state index contributed by atoms with van der Waals surface area (Å²) in [7, 11) is 1.85. The van der Waals surface area contributed by atoms with Crippen LogP contribution in [-0.4, -0.2) is 29.9 Å². The lowest BCUT2D eigenvalue weighted by atomic mass is 9.67. The van der Waals surface area contributed by atoms with Crippen molar-refractivity contribution in [2.24, 2.45) is 11.1 Å². The van der Waals surface area contributed by atoms with E-state index in [1.165, 1.54) is 0 Å². The van der Waals surface area contributed by atoms with Crippen molar-refractivity contribution in [2.45, 2.75) is 45.6 Å². The molecule has 1 fully saturated rings. The van der Waals surface area contributed by atoms with Gasteiger partial charge in [0.1, 0.15) is 5.54 Å². The third-order valence-electron chi connectivity index (χ3n) is 4.13. The van der Waals surface area contributed by atoms with Crippen LogP contribution in [0.25, 0.3) is 0 Å². The molecule has 1 saturated heterocycles. The number of rotatable bonds is 3. The number of nitrogens with zero attached hydrogens (tertiary/aromatic N) is 1. The molecule has 0 spiro atoms. The summed E-state index contributed by atoms with van der Waals surface area (Å²) >= 11 is 0. The van der Waals surface area contributed by atoms with Gasteiger partial charge in [0.15, 0.2) is 0 Å². The van der Waals surface area contributed by atoms with Crippen LogP contribution in [-0.2, 0) is 4.79 Å². The van der Waals surface area contributed by atoms with Gasteiger partial charge >= 0.3 is 0 Å². The van der Waals surface area contributed by atoms with Crippen molar-refractivity contribution in [3.63, 3.8) is 0 Å². The zero-order valence-corrected chi connectivity index (χ0v) is 9.76. The van der Waals surface area contributed by atoms with Gasteiger partial charge in [-0.15, -0.1) is 0 Å². The van der Waals surface area contributed by atoms with E-state index < -0.39 is 5.54 Å². The van der Waals surface area contributed by atoms with Gasteiger partial charge in [-0.3, -0.25) is 4.79 Å². The molecule has 0 bridgehead atoms. The van der Waals surface area contributed by atoms with Crippen LogP contribution in [0.2, 0.25) is 0 Å². The van der Waals surface area contributed by atoms with Gasteiger partial charge < -0.3 is 10.6 Å². The molecule has 1 amide bonds. The summed E-state index contributed by atoms with van der Waals surface area (Å²) in [4.78, 5) is 13.8. The lowest BCUT2D eigenvalue weighted by Crippen LogP contribution is -2.56. The Kier molecular flexibility index (Phi) is 2.91. The molecule has 2 N–H and O–H groups in total. The van der Waals surface area contributed by atoms with Gasteiger partial charge in [0.2, 0.25) is 5.91 Å². The van der Waals surface area contributed by atoms with E-state index in [-0.39, 0.29) is 11.3 Å². The molecule has 3 heteroatoms. The van der Waals surface area contributed by atoms with E-state index in [9.17, 15) is 4.79 Å². The van der Waals surface area contributed by atoms with Crippen LogP contribution in [0.1, 0.15) is 40.0 Å². The van der Waals surface area contributed by atoms with Crippen molar-refractivity contribution >= 4 is 5.91 Å². The molecule has 1 atom stereocenters. The third kappa shape index (κ3) is 1.18. The number of nitrogens with two attached hydrogens (primary N) is 1. The van der Waals surface area contributed by atoms with E-state index in [1.54, 1.807) is 4.90 Å². The fourth-order valence-corrected chi connectivity index (χ4v) is 2.87. The predicted octanol–water partition coefficient (Wildman–Crippen LogP) is 1.37. The first-order chi connectivity index (χ1) is 6.47. The van der Waals surface area contributed by atoms with E-state index in [2.05, 4.69) is 13.8 Å². The van der Waals surface area contributed by atoms with Gasteiger partial charge in [0, 0.05) is 19.0 Å². The van der Waals surface area contributed by atoms with Crippen LogP contribution in [0.5, 0.6) is 0 Å². The second kappa shape index (κ2) is 3.54. The minimum atomic E-state index is -0.634. The van der Waals surface area contributed by atoms with Crippen molar-refractivity contribution in [1.29, 1.82) is 0 Å². The average Bonchev–Trinajstić information content (AvgIpc) is 2.40. The van der Waals surface area contributed by atoms with Crippen molar-refractivity contribution in [2.75, 3.05) is 13.6 Å². The Bertz CT molecular complexity index is 235. The van der Waals surface area contributed by atoms with E-state index in [4.69, 9.17) is 5.73 Å². The molecule has 82 valence electrons. The minimum Gasteiger partial charge on any atom is -0.343 e. The van der Waals surface area contributed by atoms with Crippen LogP contribution in [0.4, 0.5) is 0 Å². The second-order valence-corrected chi connectivity index (χ2v) is 4.47. The topological polar surface area (TPSA) is 46.3 Å². The van der Waals surface area contributed by atoms with Gasteiger partial charge in [-0.2, -0.15) is 0 Å². The Hall–Kier alpha value is -0.570. The van der Waals surface area contributed by atoms with Gasteiger partial charge in [0.25, 0.3) is 0 Å². The Labute approximate surface area is 86.6 Å². The normalized spacial score (nSPS) is 31.2. The molecular weight excluding hydrogens is 176 g/mol. The van der Waals surface area contributed by atoms with E-state index in [0.29, 0.717) is 0 Å². The first-order valence-electron chi connectivity index (χ1n) is 5.52. The molecule has 1 aliphatic heterocycles. The van der Waals surface area contributed by atoms with E-state index >= 15 is 0 Å². The first kappa shape index (κ1) is 11.5. The number of likely N-dealkylation sites (N-methyl/N-ethyl adjacent to an activating group) is 1. The van der Waals surface area contributed by atoms with Crippen LogP contribution in [0.15, 0.2) is 0 Å². The largest absolute Gasteiger partial charge is 0.343 e. The molecule has 0 aromatic rings. The Morgan fingerprint density at radius 1 is 1.29 bits per heavy atom. The quantitative estimate of drug-likeness (QED) is 0.744. The number of hydrogen-bond donors (Lipinski definition) is 1. The number of hydrogen-bond acceptors (Lipinski definition) is 2. The van der Waals surface area contributed by atoms with Crippen molar-refractivity contribution in [3.05, 3.63) is 0 Å². The van der Waals surface area contributed by atoms with Gasteiger partial charge in [-0.05, 0) is 19.3 Å². The molecule has 1 heterocycles. The van der Waals surface area contributed by atoms with Crippen molar-refractivity contribution in [3.8, 4) is 0 Å². The number of amides is 1. The summed E-state index contributed by atoms with van der Waals surface area (Å²) in [6.07, 6.45) is 2.69. The fraction of sp³-hybridized carbons (Fsp3) is 0.909. The molecule has 0 aromatic heterocycles. The van der Waals surface area contributed by atoms with Crippen molar-refractivity contribution < 1.29 is 4.79 Å². The molecule has 14 heavy (non-hydrogen) atoms. The summed E-state index contributed by atoms with van der Waals surface area (Å²) in [5.74, 6) is 0.115. The molecule has 0 aromatic carbocycles. The standard InChI is InChI=1S/C11H22N2O/c1-5-10(6-2)8-13(4)9(14)11(10,12)7-3/h5-8,12H2,1-4H3. The zero-order valence-electron chi connectivity index (χ0n) is 9.76. The fourth-order valence-electron chi connectivity index (χ4n) is 2.87. The highest BCUT2D eigenvalue weighted by Gasteiger charge is 2.57. The highest BCUT2D eigenvalue weighted by molar-refractivity contribution is 5.89. The summed E-state index contributed by atoms with van der Waals surface area (Å²) in [6.45, 7) is 7.08. The Balaban J connectivity index is 3.13. The highest BCUT2D eigenvalue weighted by atomic mass is 16.2. The summed E-state index contributed by atoms with van der Waals surface area (Å²) < 4.78 is 0. The van der Waals surface area contributed by atoms with Gasteiger partial charge in [-0.25, -0.2) is 0 Å². The first-order valence-corrected chi connectivity index (χ1v) is 5.52. The number of carbonyl (C=O) groups is 1. The smallest absolute Gasteiger partial charge is 0.243 e. The minimum absolute atomic E-state index is 0.0203. The lowest BCUT2D eigenvalue weighted by Gasteiger charge is -2.38. The molecule has 3 nitrogen and oxygen atoms in total. The Morgan fingerprint density at radius 2 is 1.79 bits per heavy atom. The predicted molar refractivity (Wildman–Crippen MR) is 57.9 cm³/mol. The maximum Gasteiger partial charge on any atom is 0.243 e. The zero-order chi connectivity index (χ0) is 11.0. The summed E-state index contributed by atoms with van der Waals surface area (Å²) in [5.41, 5.74) is 5.65. The molecule has 0 radical (unpaired) electrons. The van der Waals surface area contributed by atoms with Crippen LogP contribution < -0.4 is 5.73 Å². The SMILES string of the molecule is CCC1(CC)CN(C)C(=O)C1(N)CC. The summed E-state index contributed by atoms with van der Waals surface area (Å²) in [5, 5.41) is 0. The molecule has 1 rings (SSSR count). The van der Waals surface area contributed by atoms with Gasteiger partial charge in [-0.1, -0.05) is 20.8 Å². The number of likely N-dealkylation sites (tertiary alicyclic amines) is 1. The summed E-state index contributed by atoms with van der Waals surface area (Å²) in [6, 6.07) is 0. The Morgan fingerprint density at radius 3 is 2.07 bits per heavy atom.